The van der Waals surface area contributed by atoms with Gasteiger partial charge in [0.25, 0.3) is 0 Å². The molecule has 1 aromatic heterocycles. The second kappa shape index (κ2) is 5.49. The van der Waals surface area contributed by atoms with E-state index in [2.05, 4.69) is 17.2 Å². The van der Waals surface area contributed by atoms with Crippen molar-refractivity contribution in [3.63, 3.8) is 0 Å². The number of rotatable bonds is 5. The largest absolute Gasteiger partial charge is 0.481 e. The summed E-state index contributed by atoms with van der Waals surface area (Å²) in [5, 5.41) is 13.2. The molecule has 0 radical (unpaired) electrons. The maximum atomic E-state index is 10.8. The van der Waals surface area contributed by atoms with Crippen molar-refractivity contribution in [2.75, 3.05) is 11.9 Å². The third-order valence-corrected chi connectivity index (χ3v) is 2.67. The summed E-state index contributed by atoms with van der Waals surface area (Å²) in [4.78, 5) is 15.1. The van der Waals surface area contributed by atoms with Crippen LogP contribution in [0, 0.1) is 0 Å². The van der Waals surface area contributed by atoms with Crippen molar-refractivity contribution in [3.8, 4) is 0 Å². The van der Waals surface area contributed by atoms with Gasteiger partial charge in [-0.1, -0.05) is 25.1 Å². The molecule has 0 amide bonds. The summed E-state index contributed by atoms with van der Waals surface area (Å²) in [6.07, 6.45) is 0.969. The Morgan fingerprint density at radius 3 is 2.89 bits per heavy atom. The summed E-state index contributed by atoms with van der Waals surface area (Å²) >= 11 is 0. The van der Waals surface area contributed by atoms with Gasteiger partial charge in [-0.15, -0.1) is 0 Å². The fourth-order valence-corrected chi connectivity index (χ4v) is 1.88. The second-order valence-corrected chi connectivity index (χ2v) is 4.18. The van der Waals surface area contributed by atoms with Crippen molar-refractivity contribution in [2.45, 2.75) is 19.8 Å². The summed E-state index contributed by atoms with van der Waals surface area (Å²) in [6.45, 7) is 2.95. The molecule has 2 rings (SSSR count). The number of aromatic nitrogens is 1. The van der Waals surface area contributed by atoms with Crippen LogP contribution in [0.4, 0.5) is 5.69 Å². The van der Waals surface area contributed by atoms with Crippen LogP contribution in [0.5, 0.6) is 0 Å². The van der Waals surface area contributed by atoms with Crippen LogP contribution in [0.15, 0.2) is 30.3 Å². The second-order valence-electron chi connectivity index (χ2n) is 4.18. The molecule has 4 heteroatoms. The lowest BCUT2D eigenvalue weighted by atomic mass is 10.1. The Bertz CT molecular complexity index is 567. The Morgan fingerprint density at radius 1 is 1.39 bits per heavy atom. The first-order chi connectivity index (χ1) is 8.70. The zero-order chi connectivity index (χ0) is 13.0. The SMILES string of the molecule is CCCNc1cc(CC(=O)O)nc2ccccc12. The predicted octanol–water partition coefficient (Wildman–Crippen LogP) is 2.68. The Balaban J connectivity index is 2.46. The van der Waals surface area contributed by atoms with E-state index in [1.807, 2.05) is 30.3 Å². The van der Waals surface area contributed by atoms with Gasteiger partial charge in [-0.3, -0.25) is 9.78 Å². The van der Waals surface area contributed by atoms with Crippen LogP contribution in [0.1, 0.15) is 19.0 Å². The maximum Gasteiger partial charge on any atom is 0.309 e. The van der Waals surface area contributed by atoms with Gasteiger partial charge in [0.1, 0.15) is 0 Å². The fourth-order valence-electron chi connectivity index (χ4n) is 1.88. The van der Waals surface area contributed by atoms with Crippen LogP contribution in [-0.4, -0.2) is 22.6 Å². The first-order valence-electron chi connectivity index (χ1n) is 6.05. The van der Waals surface area contributed by atoms with E-state index in [0.29, 0.717) is 5.69 Å². The Labute approximate surface area is 106 Å². The molecule has 0 saturated carbocycles. The lowest BCUT2D eigenvalue weighted by Crippen LogP contribution is -2.06. The van der Waals surface area contributed by atoms with Crippen molar-refractivity contribution in [2.24, 2.45) is 0 Å². The maximum absolute atomic E-state index is 10.8. The molecule has 0 atom stereocenters. The zero-order valence-corrected chi connectivity index (χ0v) is 10.3. The number of benzene rings is 1. The topological polar surface area (TPSA) is 62.2 Å². The molecule has 0 fully saturated rings. The van der Waals surface area contributed by atoms with Crippen LogP contribution in [0.3, 0.4) is 0 Å². The standard InChI is InChI=1S/C14H16N2O2/c1-2-7-15-13-8-10(9-14(17)18)16-12-6-4-3-5-11(12)13/h3-6,8H,2,7,9H2,1H3,(H,15,16)(H,17,18). The average Bonchev–Trinajstić information content (AvgIpc) is 2.35. The van der Waals surface area contributed by atoms with E-state index >= 15 is 0 Å². The molecular weight excluding hydrogens is 228 g/mol. The number of hydrogen-bond donors (Lipinski definition) is 2. The summed E-state index contributed by atoms with van der Waals surface area (Å²) in [5.41, 5.74) is 2.37. The van der Waals surface area contributed by atoms with Crippen molar-refractivity contribution < 1.29 is 9.90 Å². The molecule has 4 nitrogen and oxygen atoms in total. The number of nitrogens with one attached hydrogen (secondary N) is 1. The van der Waals surface area contributed by atoms with E-state index in [1.165, 1.54) is 0 Å². The monoisotopic (exact) mass is 244 g/mol. The van der Waals surface area contributed by atoms with Gasteiger partial charge < -0.3 is 10.4 Å². The molecule has 1 heterocycles. The van der Waals surface area contributed by atoms with Gasteiger partial charge in [-0.05, 0) is 18.6 Å². The molecule has 0 saturated heterocycles. The van der Waals surface area contributed by atoms with Crippen LogP contribution < -0.4 is 5.32 Å². The van der Waals surface area contributed by atoms with Crippen LogP contribution in [-0.2, 0) is 11.2 Å². The fraction of sp³-hybridized carbons (Fsp3) is 0.286. The van der Waals surface area contributed by atoms with Crippen molar-refractivity contribution in [1.82, 2.24) is 4.98 Å². The molecule has 0 spiro atoms. The lowest BCUT2D eigenvalue weighted by Gasteiger charge is -2.10. The van der Waals surface area contributed by atoms with E-state index in [9.17, 15) is 4.79 Å². The zero-order valence-electron chi connectivity index (χ0n) is 10.3. The van der Waals surface area contributed by atoms with Crippen molar-refractivity contribution >= 4 is 22.6 Å². The summed E-state index contributed by atoms with van der Waals surface area (Å²) in [6, 6.07) is 9.58. The number of carboxylic acids is 1. The van der Waals surface area contributed by atoms with Gasteiger partial charge in [0.15, 0.2) is 0 Å². The third-order valence-electron chi connectivity index (χ3n) is 2.67. The Hall–Kier alpha value is -2.10. The normalized spacial score (nSPS) is 10.5. The number of hydrogen-bond acceptors (Lipinski definition) is 3. The van der Waals surface area contributed by atoms with Crippen molar-refractivity contribution in [1.29, 1.82) is 0 Å². The van der Waals surface area contributed by atoms with Gasteiger partial charge >= 0.3 is 5.97 Å². The van der Waals surface area contributed by atoms with Gasteiger partial charge in [-0.25, -0.2) is 0 Å². The molecule has 2 N–H and O–H groups in total. The number of aliphatic carboxylic acids is 1. The van der Waals surface area contributed by atoms with E-state index in [4.69, 9.17) is 5.11 Å². The number of fused-ring (bicyclic) bond motifs is 1. The van der Waals surface area contributed by atoms with Gasteiger partial charge in [0.2, 0.25) is 0 Å². The van der Waals surface area contributed by atoms with E-state index in [-0.39, 0.29) is 6.42 Å². The van der Waals surface area contributed by atoms with E-state index in [1.54, 1.807) is 0 Å². The van der Waals surface area contributed by atoms with Gasteiger partial charge in [0, 0.05) is 17.6 Å². The molecule has 94 valence electrons. The van der Waals surface area contributed by atoms with Crippen LogP contribution in [0.2, 0.25) is 0 Å². The highest BCUT2D eigenvalue weighted by atomic mass is 16.4. The van der Waals surface area contributed by atoms with E-state index in [0.717, 1.165) is 29.6 Å². The molecular formula is C14H16N2O2. The molecule has 18 heavy (non-hydrogen) atoms. The molecule has 2 aromatic rings. The highest BCUT2D eigenvalue weighted by molar-refractivity contribution is 5.91. The first kappa shape index (κ1) is 12.4. The summed E-state index contributed by atoms with van der Waals surface area (Å²) in [7, 11) is 0. The predicted molar refractivity (Wildman–Crippen MR) is 71.9 cm³/mol. The molecule has 0 aliphatic carbocycles. The Morgan fingerprint density at radius 2 is 2.17 bits per heavy atom. The minimum absolute atomic E-state index is 0.0500. The van der Waals surface area contributed by atoms with Crippen LogP contribution >= 0.6 is 0 Å². The summed E-state index contributed by atoms with van der Waals surface area (Å²) in [5.74, 6) is -0.862. The highest BCUT2D eigenvalue weighted by Gasteiger charge is 2.07. The minimum Gasteiger partial charge on any atom is -0.481 e. The molecule has 1 aromatic carbocycles. The number of carbonyl (C=O) groups is 1. The number of pyridine rings is 1. The number of nitrogens with zero attached hydrogens (tertiary/aromatic N) is 1. The molecule has 0 aliphatic heterocycles. The van der Waals surface area contributed by atoms with Crippen molar-refractivity contribution in [3.05, 3.63) is 36.0 Å². The van der Waals surface area contributed by atoms with Gasteiger partial charge in [0.05, 0.1) is 17.6 Å². The van der Waals surface area contributed by atoms with E-state index < -0.39 is 5.97 Å². The minimum atomic E-state index is -0.862. The average molecular weight is 244 g/mol. The smallest absolute Gasteiger partial charge is 0.309 e. The quantitative estimate of drug-likeness (QED) is 0.848. The molecule has 0 unspecified atom stereocenters. The lowest BCUT2D eigenvalue weighted by molar-refractivity contribution is -0.136. The van der Waals surface area contributed by atoms with Gasteiger partial charge in [-0.2, -0.15) is 0 Å². The highest BCUT2D eigenvalue weighted by Crippen LogP contribution is 2.23. The number of anilines is 1. The third kappa shape index (κ3) is 2.77. The number of carboxylic acid groups (broad SMARTS) is 1. The Kier molecular flexibility index (Phi) is 3.77. The number of para-hydroxylation sites is 1. The first-order valence-corrected chi connectivity index (χ1v) is 6.05. The van der Waals surface area contributed by atoms with Crippen LogP contribution in [0.25, 0.3) is 10.9 Å². The summed E-state index contributed by atoms with van der Waals surface area (Å²) < 4.78 is 0. The molecule has 0 aliphatic rings. The molecule has 0 bridgehead atoms.